The largest absolute Gasteiger partial charge is 0.481 e. The second-order valence-electron chi connectivity index (χ2n) is 6.48. The molecule has 1 aliphatic heterocycles. The van der Waals surface area contributed by atoms with Crippen LogP contribution in [0, 0.1) is 11.8 Å². The lowest BCUT2D eigenvalue weighted by Gasteiger charge is -2.31. The number of amides is 1. The first-order chi connectivity index (χ1) is 11.0. The van der Waals surface area contributed by atoms with Gasteiger partial charge in [-0.2, -0.15) is 0 Å². The van der Waals surface area contributed by atoms with E-state index in [1.807, 2.05) is 11.0 Å². The Hall–Kier alpha value is -1.26. The topological polar surface area (TPSA) is 57.6 Å². The molecule has 1 aromatic rings. The molecular weight excluding hydrogens is 337 g/mol. The van der Waals surface area contributed by atoms with E-state index in [0.29, 0.717) is 23.1 Å². The van der Waals surface area contributed by atoms with Gasteiger partial charge in [0, 0.05) is 35.5 Å². The Balaban J connectivity index is 1.56. The van der Waals surface area contributed by atoms with E-state index < -0.39 is 5.97 Å². The van der Waals surface area contributed by atoms with E-state index in [4.69, 9.17) is 28.3 Å². The van der Waals surface area contributed by atoms with Crippen molar-refractivity contribution in [2.75, 3.05) is 13.1 Å². The highest BCUT2D eigenvalue weighted by Gasteiger charge is 2.46. The SMILES string of the molecule is O=C(O)CC1CCN(C(=O)C2CC2c2ccc(Cl)cc2Cl)CC1. The number of halogens is 2. The molecule has 0 bridgehead atoms. The van der Waals surface area contributed by atoms with Crippen LogP contribution in [0.4, 0.5) is 0 Å². The van der Waals surface area contributed by atoms with Gasteiger partial charge in [0.15, 0.2) is 0 Å². The molecule has 1 aromatic carbocycles. The number of carboxylic acid groups (broad SMARTS) is 1. The van der Waals surface area contributed by atoms with Crippen LogP contribution >= 0.6 is 23.2 Å². The smallest absolute Gasteiger partial charge is 0.303 e. The van der Waals surface area contributed by atoms with Crippen molar-refractivity contribution in [3.63, 3.8) is 0 Å². The van der Waals surface area contributed by atoms with Gasteiger partial charge in [-0.15, -0.1) is 0 Å². The van der Waals surface area contributed by atoms with Crippen LogP contribution in [-0.4, -0.2) is 35.0 Å². The Morgan fingerprint density at radius 3 is 2.52 bits per heavy atom. The van der Waals surface area contributed by atoms with Gasteiger partial charge in [-0.1, -0.05) is 29.3 Å². The number of carbonyl (C=O) groups excluding carboxylic acids is 1. The van der Waals surface area contributed by atoms with Crippen molar-refractivity contribution in [1.29, 1.82) is 0 Å². The average molecular weight is 356 g/mol. The molecule has 0 aromatic heterocycles. The van der Waals surface area contributed by atoms with Crippen LogP contribution in [-0.2, 0) is 9.59 Å². The number of piperidine rings is 1. The number of rotatable bonds is 4. The van der Waals surface area contributed by atoms with Crippen LogP contribution in [0.2, 0.25) is 10.0 Å². The molecule has 2 unspecified atom stereocenters. The summed E-state index contributed by atoms with van der Waals surface area (Å²) in [6, 6.07) is 5.43. The van der Waals surface area contributed by atoms with E-state index in [2.05, 4.69) is 0 Å². The lowest BCUT2D eigenvalue weighted by Crippen LogP contribution is -2.40. The van der Waals surface area contributed by atoms with Crippen LogP contribution in [0.15, 0.2) is 18.2 Å². The lowest BCUT2D eigenvalue weighted by atomic mass is 9.93. The first kappa shape index (κ1) is 16.6. The van der Waals surface area contributed by atoms with Crippen LogP contribution in [0.5, 0.6) is 0 Å². The Morgan fingerprint density at radius 2 is 1.91 bits per heavy atom. The summed E-state index contributed by atoms with van der Waals surface area (Å²) in [6.07, 6.45) is 2.58. The molecule has 2 aliphatic rings. The normalized spacial score (nSPS) is 24.5. The third kappa shape index (κ3) is 3.81. The number of hydrogen-bond donors (Lipinski definition) is 1. The molecule has 23 heavy (non-hydrogen) atoms. The van der Waals surface area contributed by atoms with Crippen molar-refractivity contribution < 1.29 is 14.7 Å². The fraction of sp³-hybridized carbons (Fsp3) is 0.529. The molecule has 2 fully saturated rings. The van der Waals surface area contributed by atoms with Gasteiger partial charge in [-0.25, -0.2) is 0 Å². The summed E-state index contributed by atoms with van der Waals surface area (Å²) in [7, 11) is 0. The highest BCUT2D eigenvalue weighted by molar-refractivity contribution is 6.35. The maximum atomic E-state index is 12.6. The molecule has 1 saturated carbocycles. The Kier molecular flexibility index (Phi) is 4.83. The second kappa shape index (κ2) is 6.70. The van der Waals surface area contributed by atoms with Gasteiger partial charge in [0.2, 0.25) is 5.91 Å². The van der Waals surface area contributed by atoms with Crippen LogP contribution < -0.4 is 0 Å². The number of likely N-dealkylation sites (tertiary alicyclic amines) is 1. The summed E-state index contributed by atoms with van der Waals surface area (Å²) in [5.74, 6) is -0.199. The van der Waals surface area contributed by atoms with Crippen LogP contribution in [0.1, 0.15) is 37.2 Å². The number of nitrogens with zero attached hydrogens (tertiary/aromatic N) is 1. The van der Waals surface area contributed by atoms with Crippen molar-refractivity contribution in [3.8, 4) is 0 Å². The van der Waals surface area contributed by atoms with Crippen molar-refractivity contribution in [1.82, 2.24) is 4.90 Å². The molecule has 1 amide bonds. The zero-order valence-corrected chi connectivity index (χ0v) is 14.2. The van der Waals surface area contributed by atoms with Gasteiger partial charge in [-0.3, -0.25) is 9.59 Å². The molecule has 124 valence electrons. The molecule has 0 radical (unpaired) electrons. The molecule has 3 rings (SSSR count). The highest BCUT2D eigenvalue weighted by atomic mass is 35.5. The van der Waals surface area contributed by atoms with Crippen molar-refractivity contribution in [2.24, 2.45) is 11.8 Å². The number of hydrogen-bond acceptors (Lipinski definition) is 2. The Labute approximate surface area is 145 Å². The molecule has 0 spiro atoms. The van der Waals surface area contributed by atoms with Gasteiger partial charge >= 0.3 is 5.97 Å². The minimum atomic E-state index is -0.755. The first-order valence-corrected chi connectivity index (χ1v) is 8.67. The monoisotopic (exact) mass is 355 g/mol. The fourth-order valence-corrected chi connectivity index (χ4v) is 4.00. The average Bonchev–Trinajstić information content (AvgIpc) is 3.27. The van der Waals surface area contributed by atoms with E-state index in [1.165, 1.54) is 0 Å². The van der Waals surface area contributed by atoms with Gasteiger partial charge in [0.1, 0.15) is 0 Å². The van der Waals surface area contributed by atoms with E-state index in [1.54, 1.807) is 12.1 Å². The van der Waals surface area contributed by atoms with E-state index >= 15 is 0 Å². The summed E-state index contributed by atoms with van der Waals surface area (Å²) >= 11 is 12.1. The van der Waals surface area contributed by atoms with Crippen molar-refractivity contribution in [3.05, 3.63) is 33.8 Å². The van der Waals surface area contributed by atoms with E-state index in [0.717, 1.165) is 24.8 Å². The third-order valence-corrected chi connectivity index (χ3v) is 5.42. The summed E-state index contributed by atoms with van der Waals surface area (Å²) in [4.78, 5) is 25.2. The first-order valence-electron chi connectivity index (χ1n) is 7.91. The summed E-state index contributed by atoms with van der Waals surface area (Å²) < 4.78 is 0. The van der Waals surface area contributed by atoms with Crippen LogP contribution in [0.25, 0.3) is 0 Å². The number of aliphatic carboxylic acids is 1. The maximum Gasteiger partial charge on any atom is 0.303 e. The van der Waals surface area contributed by atoms with Crippen molar-refractivity contribution in [2.45, 2.75) is 31.6 Å². The van der Waals surface area contributed by atoms with Crippen molar-refractivity contribution >= 4 is 35.1 Å². The second-order valence-corrected chi connectivity index (χ2v) is 7.32. The molecule has 2 atom stereocenters. The summed E-state index contributed by atoms with van der Waals surface area (Å²) in [5.41, 5.74) is 0.996. The van der Waals surface area contributed by atoms with E-state index in [9.17, 15) is 9.59 Å². The minimum Gasteiger partial charge on any atom is -0.481 e. The lowest BCUT2D eigenvalue weighted by molar-refractivity contribution is -0.138. The predicted molar refractivity (Wildman–Crippen MR) is 88.9 cm³/mol. The standard InChI is InChI=1S/C17H19Cl2NO3/c18-11-1-2-12(15(19)8-11)13-9-14(13)17(23)20-5-3-10(4-6-20)7-16(21)22/h1-2,8,10,13-14H,3-7,9H2,(H,21,22). The van der Waals surface area contributed by atoms with Gasteiger partial charge in [0.25, 0.3) is 0 Å². The maximum absolute atomic E-state index is 12.6. The Bertz CT molecular complexity index is 626. The summed E-state index contributed by atoms with van der Waals surface area (Å²) in [5, 5.41) is 10.1. The quantitative estimate of drug-likeness (QED) is 0.893. The number of carboxylic acids is 1. The van der Waals surface area contributed by atoms with Gasteiger partial charge in [-0.05, 0) is 48.8 Å². The number of carbonyl (C=O) groups is 2. The Morgan fingerprint density at radius 1 is 1.22 bits per heavy atom. The zero-order valence-electron chi connectivity index (χ0n) is 12.7. The summed E-state index contributed by atoms with van der Waals surface area (Å²) in [6.45, 7) is 1.32. The molecule has 1 heterocycles. The molecule has 1 N–H and O–H groups in total. The highest BCUT2D eigenvalue weighted by Crippen LogP contribution is 2.51. The zero-order chi connectivity index (χ0) is 16.6. The number of benzene rings is 1. The van der Waals surface area contributed by atoms with Crippen LogP contribution in [0.3, 0.4) is 0 Å². The minimum absolute atomic E-state index is 0.00435. The molecule has 6 heteroatoms. The molecular formula is C17H19Cl2NO3. The molecule has 1 aliphatic carbocycles. The molecule has 1 saturated heterocycles. The third-order valence-electron chi connectivity index (χ3n) is 4.86. The van der Waals surface area contributed by atoms with E-state index in [-0.39, 0.29) is 30.1 Å². The fourth-order valence-electron chi connectivity index (χ4n) is 3.45. The van der Waals surface area contributed by atoms with Gasteiger partial charge < -0.3 is 10.0 Å². The predicted octanol–water partition coefficient (Wildman–Crippen LogP) is 3.81. The molecule has 4 nitrogen and oxygen atoms in total. The van der Waals surface area contributed by atoms with Gasteiger partial charge in [0.05, 0.1) is 0 Å².